The molecule has 3 rings (SSSR count). The van der Waals surface area contributed by atoms with Crippen molar-refractivity contribution in [2.45, 2.75) is 39.2 Å². The standard InChI is InChI=1S/C17H28N4O2/c1-13-17(14(2)19(3)18-13)15-5-4-7-20(15)8-6-16(22)21-9-11-23-12-10-21/h15H,4-12H2,1-3H3/t15-/m1/s1. The van der Waals surface area contributed by atoms with E-state index in [1.165, 1.54) is 24.1 Å². The van der Waals surface area contributed by atoms with E-state index in [2.05, 4.69) is 23.8 Å². The van der Waals surface area contributed by atoms with Crippen LogP contribution in [-0.2, 0) is 16.6 Å². The minimum Gasteiger partial charge on any atom is -0.378 e. The predicted octanol–water partition coefficient (Wildman–Crippen LogP) is 1.42. The molecule has 1 atom stereocenters. The van der Waals surface area contributed by atoms with E-state index < -0.39 is 0 Å². The monoisotopic (exact) mass is 320 g/mol. The van der Waals surface area contributed by atoms with Crippen LogP contribution in [0, 0.1) is 13.8 Å². The van der Waals surface area contributed by atoms with Crippen molar-refractivity contribution in [3.63, 3.8) is 0 Å². The number of likely N-dealkylation sites (tertiary alicyclic amines) is 1. The third-order valence-corrected chi connectivity index (χ3v) is 5.24. The molecule has 0 aliphatic carbocycles. The number of nitrogens with zero attached hydrogens (tertiary/aromatic N) is 4. The van der Waals surface area contributed by atoms with Crippen molar-refractivity contribution >= 4 is 5.91 Å². The molecule has 1 aromatic rings. The summed E-state index contributed by atoms with van der Waals surface area (Å²) in [7, 11) is 2.01. The Morgan fingerprint density at radius 3 is 2.65 bits per heavy atom. The van der Waals surface area contributed by atoms with E-state index in [0.717, 1.165) is 31.9 Å². The van der Waals surface area contributed by atoms with E-state index in [4.69, 9.17) is 4.74 Å². The van der Waals surface area contributed by atoms with Crippen molar-refractivity contribution in [3.05, 3.63) is 17.0 Å². The van der Waals surface area contributed by atoms with Gasteiger partial charge >= 0.3 is 0 Å². The molecule has 1 aromatic heterocycles. The summed E-state index contributed by atoms with van der Waals surface area (Å²) in [5.74, 6) is 0.263. The molecule has 0 bridgehead atoms. The van der Waals surface area contributed by atoms with Crippen molar-refractivity contribution in [2.75, 3.05) is 39.4 Å². The third kappa shape index (κ3) is 3.43. The molecule has 6 nitrogen and oxygen atoms in total. The Bertz CT molecular complexity index is 563. The number of carbonyl (C=O) groups excluding carboxylic acids is 1. The van der Waals surface area contributed by atoms with Crippen molar-refractivity contribution in [1.29, 1.82) is 0 Å². The van der Waals surface area contributed by atoms with Gasteiger partial charge in [0.15, 0.2) is 0 Å². The van der Waals surface area contributed by atoms with E-state index in [0.29, 0.717) is 25.7 Å². The normalized spacial score (nSPS) is 22.7. The SMILES string of the molecule is Cc1nn(C)c(C)c1[C@H]1CCCN1CCC(=O)N1CCOCC1. The number of rotatable bonds is 4. The lowest BCUT2D eigenvalue weighted by atomic mass is 10.0. The van der Waals surface area contributed by atoms with Crippen LogP contribution < -0.4 is 0 Å². The van der Waals surface area contributed by atoms with Gasteiger partial charge < -0.3 is 9.64 Å². The minimum atomic E-state index is 0.263. The van der Waals surface area contributed by atoms with E-state index >= 15 is 0 Å². The van der Waals surface area contributed by atoms with Gasteiger partial charge in [-0.1, -0.05) is 0 Å². The summed E-state index contributed by atoms with van der Waals surface area (Å²) in [5.41, 5.74) is 3.74. The van der Waals surface area contributed by atoms with Crippen LogP contribution in [0.1, 0.15) is 42.3 Å². The number of hydrogen-bond donors (Lipinski definition) is 0. The van der Waals surface area contributed by atoms with Crippen LogP contribution in [0.2, 0.25) is 0 Å². The van der Waals surface area contributed by atoms with Crippen molar-refractivity contribution in [1.82, 2.24) is 19.6 Å². The van der Waals surface area contributed by atoms with Gasteiger partial charge in [-0.15, -0.1) is 0 Å². The second-order valence-electron chi connectivity index (χ2n) is 6.65. The maximum Gasteiger partial charge on any atom is 0.224 e. The van der Waals surface area contributed by atoms with Crippen LogP contribution in [0.5, 0.6) is 0 Å². The van der Waals surface area contributed by atoms with Crippen LogP contribution in [-0.4, -0.2) is 64.9 Å². The van der Waals surface area contributed by atoms with Crippen LogP contribution in [0.15, 0.2) is 0 Å². The van der Waals surface area contributed by atoms with Crippen LogP contribution in [0.4, 0.5) is 0 Å². The van der Waals surface area contributed by atoms with Crippen LogP contribution in [0.25, 0.3) is 0 Å². The number of hydrogen-bond acceptors (Lipinski definition) is 4. The molecule has 0 N–H and O–H groups in total. The van der Waals surface area contributed by atoms with Gasteiger partial charge in [0.2, 0.25) is 5.91 Å². The first kappa shape index (κ1) is 16.5. The highest BCUT2D eigenvalue weighted by molar-refractivity contribution is 5.76. The molecule has 1 amide bonds. The molecule has 128 valence electrons. The van der Waals surface area contributed by atoms with E-state index in [1.54, 1.807) is 0 Å². The molecule has 2 aliphatic rings. The van der Waals surface area contributed by atoms with Gasteiger partial charge in [-0.25, -0.2) is 0 Å². The van der Waals surface area contributed by atoms with Gasteiger partial charge in [-0.3, -0.25) is 14.4 Å². The first-order valence-corrected chi connectivity index (χ1v) is 8.67. The highest BCUT2D eigenvalue weighted by Gasteiger charge is 2.30. The Morgan fingerprint density at radius 1 is 1.26 bits per heavy atom. The Hall–Kier alpha value is -1.40. The number of carbonyl (C=O) groups is 1. The second kappa shape index (κ2) is 7.01. The quantitative estimate of drug-likeness (QED) is 0.842. The molecule has 0 saturated carbocycles. The molecule has 0 aromatic carbocycles. The van der Waals surface area contributed by atoms with Crippen LogP contribution in [0.3, 0.4) is 0 Å². The lowest BCUT2D eigenvalue weighted by Gasteiger charge is -2.29. The number of aromatic nitrogens is 2. The molecule has 3 heterocycles. The molecule has 23 heavy (non-hydrogen) atoms. The summed E-state index contributed by atoms with van der Waals surface area (Å²) < 4.78 is 7.29. The van der Waals surface area contributed by atoms with Gasteiger partial charge in [0.1, 0.15) is 0 Å². The van der Waals surface area contributed by atoms with Gasteiger partial charge in [0, 0.05) is 50.4 Å². The number of ether oxygens (including phenoxy) is 1. The lowest BCUT2D eigenvalue weighted by molar-refractivity contribution is -0.135. The molecule has 0 radical (unpaired) electrons. The van der Waals surface area contributed by atoms with Crippen molar-refractivity contribution in [3.8, 4) is 0 Å². The molecule has 0 unspecified atom stereocenters. The van der Waals surface area contributed by atoms with Crippen LogP contribution >= 0.6 is 0 Å². The summed E-state index contributed by atoms with van der Waals surface area (Å²) in [6.45, 7) is 8.98. The first-order chi connectivity index (χ1) is 11.1. The Balaban J connectivity index is 1.62. The molecule has 0 spiro atoms. The summed E-state index contributed by atoms with van der Waals surface area (Å²) in [4.78, 5) is 16.8. The largest absolute Gasteiger partial charge is 0.378 e. The van der Waals surface area contributed by atoms with Gasteiger partial charge in [0.05, 0.1) is 18.9 Å². The summed E-state index contributed by atoms with van der Waals surface area (Å²) in [5, 5.41) is 4.56. The lowest BCUT2D eigenvalue weighted by Crippen LogP contribution is -2.42. The second-order valence-corrected chi connectivity index (χ2v) is 6.65. The predicted molar refractivity (Wildman–Crippen MR) is 88.2 cm³/mol. The molecule has 2 aliphatic heterocycles. The summed E-state index contributed by atoms with van der Waals surface area (Å²) in [6.07, 6.45) is 2.97. The number of morpholine rings is 1. The van der Waals surface area contributed by atoms with Gasteiger partial charge in [0.25, 0.3) is 0 Å². The molecule has 6 heteroatoms. The average molecular weight is 320 g/mol. The summed E-state index contributed by atoms with van der Waals surface area (Å²) in [6, 6.07) is 0.418. The first-order valence-electron chi connectivity index (χ1n) is 8.67. The Kier molecular flexibility index (Phi) is 5.02. The zero-order valence-corrected chi connectivity index (χ0v) is 14.5. The number of aryl methyl sites for hydroxylation is 2. The Labute approximate surface area is 138 Å². The van der Waals surface area contributed by atoms with E-state index in [1.807, 2.05) is 16.6 Å². The maximum atomic E-state index is 12.4. The maximum absolute atomic E-state index is 12.4. The molecular weight excluding hydrogens is 292 g/mol. The Morgan fingerprint density at radius 2 is 2.00 bits per heavy atom. The van der Waals surface area contributed by atoms with E-state index in [-0.39, 0.29) is 5.91 Å². The zero-order chi connectivity index (χ0) is 16.4. The number of amides is 1. The highest BCUT2D eigenvalue weighted by Crippen LogP contribution is 2.35. The highest BCUT2D eigenvalue weighted by atomic mass is 16.5. The van der Waals surface area contributed by atoms with E-state index in [9.17, 15) is 4.79 Å². The minimum absolute atomic E-state index is 0.263. The van der Waals surface area contributed by atoms with Gasteiger partial charge in [-0.2, -0.15) is 5.10 Å². The van der Waals surface area contributed by atoms with Gasteiger partial charge in [-0.05, 0) is 33.2 Å². The molecule has 2 saturated heterocycles. The zero-order valence-electron chi connectivity index (χ0n) is 14.5. The summed E-state index contributed by atoms with van der Waals surface area (Å²) >= 11 is 0. The fourth-order valence-corrected chi connectivity index (χ4v) is 3.90. The third-order valence-electron chi connectivity index (χ3n) is 5.24. The van der Waals surface area contributed by atoms with Crippen molar-refractivity contribution in [2.24, 2.45) is 7.05 Å². The average Bonchev–Trinajstić information content (AvgIpc) is 3.10. The fraction of sp³-hybridized carbons (Fsp3) is 0.765. The smallest absolute Gasteiger partial charge is 0.224 e. The molecular formula is C17H28N4O2. The fourth-order valence-electron chi connectivity index (χ4n) is 3.90. The topological polar surface area (TPSA) is 50.6 Å². The van der Waals surface area contributed by atoms with Crippen molar-refractivity contribution < 1.29 is 9.53 Å². The molecule has 2 fully saturated rings.